The van der Waals surface area contributed by atoms with Gasteiger partial charge in [-0.2, -0.15) is 8.42 Å². The van der Waals surface area contributed by atoms with Crippen molar-refractivity contribution in [3.8, 4) is 0 Å². The molecule has 0 atom stereocenters. The number of halogens is 3. The van der Waals surface area contributed by atoms with E-state index < -0.39 is 15.8 Å². The van der Waals surface area contributed by atoms with Crippen LogP contribution in [0.4, 0.5) is 0 Å². The van der Waals surface area contributed by atoms with Crippen LogP contribution in [0.1, 0.15) is 11.1 Å². The molecule has 0 saturated heterocycles. The number of rotatable bonds is 3. The van der Waals surface area contributed by atoms with Gasteiger partial charge in [-0.15, -0.1) is 4.40 Å². The summed E-state index contributed by atoms with van der Waals surface area (Å²) in [6, 6.07) is 12.6. The second-order valence-corrected chi connectivity index (χ2v) is 8.92. The predicted molar refractivity (Wildman–Crippen MR) is 117 cm³/mol. The quantitative estimate of drug-likeness (QED) is 0.360. The highest BCUT2D eigenvalue weighted by Gasteiger charge is 2.20. The number of carbonyl (C=O) groups is 1. The molecule has 0 saturated carbocycles. The fourth-order valence-corrected chi connectivity index (χ4v) is 3.91. The van der Waals surface area contributed by atoms with Gasteiger partial charge >= 0.3 is 0 Å². The summed E-state index contributed by atoms with van der Waals surface area (Å²) in [7, 11) is -4.05. The van der Waals surface area contributed by atoms with Gasteiger partial charge in [-0.3, -0.25) is 4.79 Å². The van der Waals surface area contributed by atoms with Crippen molar-refractivity contribution in [1.29, 1.82) is 0 Å². The molecule has 9 heteroatoms. The minimum atomic E-state index is -4.05. The molecular weight excluding hydrogens is 455 g/mol. The Kier molecular flexibility index (Phi) is 6.39. The molecule has 0 aromatic heterocycles. The molecule has 0 radical (unpaired) electrons. The van der Waals surface area contributed by atoms with Crippen molar-refractivity contribution in [2.75, 3.05) is 0 Å². The van der Waals surface area contributed by atoms with Crippen LogP contribution in [-0.4, -0.2) is 25.7 Å². The first kappa shape index (κ1) is 21.5. The zero-order valence-corrected chi connectivity index (χ0v) is 18.0. The second-order valence-electron chi connectivity index (χ2n) is 6.06. The predicted octanol–water partition coefficient (Wildman–Crippen LogP) is 5.05. The fourth-order valence-electron chi connectivity index (χ4n) is 2.35. The number of ketones is 1. The molecule has 0 N–H and O–H groups in total. The van der Waals surface area contributed by atoms with E-state index in [0.29, 0.717) is 10.6 Å². The number of Topliss-reactive ketones (excluding diaryl/α,β-unsaturated/α-hetero) is 1. The van der Waals surface area contributed by atoms with Crippen molar-refractivity contribution in [2.24, 2.45) is 9.39 Å². The van der Waals surface area contributed by atoms with E-state index in [0.717, 1.165) is 5.56 Å². The van der Waals surface area contributed by atoms with Crippen molar-refractivity contribution in [2.45, 2.75) is 11.8 Å². The Bertz CT molecular complexity index is 1170. The largest absolute Gasteiger partial charge is 0.287 e. The van der Waals surface area contributed by atoms with Gasteiger partial charge in [0.15, 0.2) is 5.84 Å². The number of sulfonamides is 1. The molecule has 2 aromatic carbocycles. The average Bonchev–Trinajstić information content (AvgIpc) is 2.66. The van der Waals surface area contributed by atoms with E-state index >= 15 is 0 Å². The van der Waals surface area contributed by atoms with Crippen LogP contribution in [-0.2, 0) is 14.8 Å². The van der Waals surface area contributed by atoms with Crippen LogP contribution < -0.4 is 0 Å². The van der Waals surface area contributed by atoms with Gasteiger partial charge in [0, 0.05) is 10.6 Å². The summed E-state index contributed by atoms with van der Waals surface area (Å²) in [4.78, 5) is 16.0. The summed E-state index contributed by atoms with van der Waals surface area (Å²) in [5.74, 6) is -0.641. The Morgan fingerprint density at radius 3 is 1.97 bits per heavy atom. The minimum Gasteiger partial charge on any atom is -0.287 e. The van der Waals surface area contributed by atoms with Crippen molar-refractivity contribution >= 4 is 62.2 Å². The normalized spacial score (nSPS) is 15.1. The van der Waals surface area contributed by atoms with Gasteiger partial charge in [-0.1, -0.05) is 52.5 Å². The van der Waals surface area contributed by atoms with Crippen molar-refractivity contribution in [1.82, 2.24) is 0 Å². The summed E-state index contributed by atoms with van der Waals surface area (Å²) in [6.45, 7) is 1.85. The third kappa shape index (κ3) is 5.22. The summed E-state index contributed by atoms with van der Waals surface area (Å²) >= 11 is 17.7. The van der Waals surface area contributed by atoms with E-state index in [1.807, 2.05) is 6.92 Å². The number of carbonyl (C=O) groups excluding carboxylic acids is 1. The van der Waals surface area contributed by atoms with Crippen LogP contribution >= 0.6 is 34.8 Å². The van der Waals surface area contributed by atoms with E-state index in [1.165, 1.54) is 24.3 Å². The van der Waals surface area contributed by atoms with Gasteiger partial charge < -0.3 is 0 Å². The molecule has 2 aromatic rings. The molecule has 148 valence electrons. The average molecular weight is 468 g/mol. The smallest absolute Gasteiger partial charge is 0.284 e. The standard InChI is InChI=1S/C20H13Cl3N2O3S/c1-12-2-8-16(9-3-12)29(27,28)25-20(13-4-6-14(21)7-5-13)24-15-10-17(22)19(26)18(23)11-15/h2-11H,1H3/b25-20+. The molecule has 0 amide bonds. The molecule has 0 spiro atoms. The zero-order chi connectivity index (χ0) is 21.2. The molecule has 29 heavy (non-hydrogen) atoms. The van der Waals surface area contributed by atoms with E-state index in [1.54, 1.807) is 36.4 Å². The van der Waals surface area contributed by atoms with Crippen molar-refractivity contribution in [3.05, 3.63) is 86.9 Å². The second kappa shape index (κ2) is 8.63. The maximum atomic E-state index is 12.8. The highest BCUT2D eigenvalue weighted by Crippen LogP contribution is 2.21. The van der Waals surface area contributed by atoms with Crippen LogP contribution in [0.5, 0.6) is 0 Å². The summed E-state index contributed by atoms with van der Waals surface area (Å²) in [6.07, 6.45) is 2.58. The third-order valence-corrected chi connectivity index (χ3v) is 5.94. The maximum Gasteiger partial charge on any atom is 0.284 e. The first-order chi connectivity index (χ1) is 13.7. The molecule has 0 unspecified atom stereocenters. The first-order valence-corrected chi connectivity index (χ1v) is 10.8. The van der Waals surface area contributed by atoms with Gasteiger partial charge in [-0.05, 0) is 55.5 Å². The lowest BCUT2D eigenvalue weighted by atomic mass is 10.1. The van der Waals surface area contributed by atoms with Gasteiger partial charge in [0.05, 0.1) is 20.7 Å². The fraction of sp³-hybridized carbons (Fsp3) is 0.0500. The number of amidine groups is 1. The number of allylic oxidation sites excluding steroid dienone is 4. The van der Waals surface area contributed by atoms with E-state index in [-0.39, 0.29) is 26.5 Å². The Morgan fingerprint density at radius 2 is 1.41 bits per heavy atom. The molecule has 3 rings (SSSR count). The lowest BCUT2D eigenvalue weighted by Crippen LogP contribution is -2.11. The molecule has 0 heterocycles. The van der Waals surface area contributed by atoms with Gasteiger partial charge in [0.1, 0.15) is 0 Å². The number of aryl methyl sites for hydroxylation is 1. The van der Waals surface area contributed by atoms with Crippen LogP contribution in [0, 0.1) is 6.92 Å². The Balaban J connectivity index is 2.15. The number of benzene rings is 2. The van der Waals surface area contributed by atoms with Gasteiger partial charge in [0.2, 0.25) is 5.78 Å². The van der Waals surface area contributed by atoms with E-state index in [4.69, 9.17) is 34.8 Å². The SMILES string of the molecule is Cc1ccc(S(=O)(=O)/N=C(/N=C2C=C(Cl)C(=O)C(Cl)=C2)c2ccc(Cl)cc2)cc1. The molecule has 0 aliphatic heterocycles. The van der Waals surface area contributed by atoms with Crippen LogP contribution in [0.15, 0.2) is 85.0 Å². The zero-order valence-electron chi connectivity index (χ0n) is 14.9. The molecule has 5 nitrogen and oxygen atoms in total. The van der Waals surface area contributed by atoms with E-state index in [2.05, 4.69) is 9.39 Å². The molecule has 0 fully saturated rings. The highest BCUT2D eigenvalue weighted by atomic mass is 35.5. The summed E-state index contributed by atoms with van der Waals surface area (Å²) < 4.78 is 29.5. The molecule has 1 aliphatic carbocycles. The Labute approximate surface area is 183 Å². The van der Waals surface area contributed by atoms with Crippen LogP contribution in [0.25, 0.3) is 0 Å². The molecule has 1 aliphatic rings. The summed E-state index contributed by atoms with van der Waals surface area (Å²) in [5, 5.41) is 0.206. The maximum absolute atomic E-state index is 12.8. The molecule has 0 bridgehead atoms. The van der Waals surface area contributed by atoms with Gasteiger partial charge in [0.25, 0.3) is 10.0 Å². The lowest BCUT2D eigenvalue weighted by molar-refractivity contribution is -0.111. The van der Waals surface area contributed by atoms with Crippen LogP contribution in [0.3, 0.4) is 0 Å². The van der Waals surface area contributed by atoms with Crippen LogP contribution in [0.2, 0.25) is 5.02 Å². The Morgan fingerprint density at radius 1 is 0.862 bits per heavy atom. The van der Waals surface area contributed by atoms with Crippen molar-refractivity contribution < 1.29 is 13.2 Å². The Hall–Kier alpha value is -2.25. The first-order valence-electron chi connectivity index (χ1n) is 8.21. The number of aliphatic imine (C=N–C) groups is 1. The monoisotopic (exact) mass is 466 g/mol. The number of hydrogen-bond donors (Lipinski definition) is 0. The van der Waals surface area contributed by atoms with E-state index in [9.17, 15) is 13.2 Å². The molecular formula is C20H13Cl3N2O3S. The highest BCUT2D eigenvalue weighted by molar-refractivity contribution is 7.90. The van der Waals surface area contributed by atoms with Crippen molar-refractivity contribution in [3.63, 3.8) is 0 Å². The topological polar surface area (TPSA) is 75.9 Å². The lowest BCUT2D eigenvalue weighted by Gasteiger charge is -2.08. The van der Waals surface area contributed by atoms with Gasteiger partial charge in [-0.25, -0.2) is 4.99 Å². The third-order valence-electron chi connectivity index (χ3n) is 3.85. The number of nitrogens with zero attached hydrogens (tertiary/aromatic N) is 2. The minimum absolute atomic E-state index is 0.0238. The number of hydrogen-bond acceptors (Lipinski definition) is 3. The summed E-state index contributed by atoms with van der Waals surface area (Å²) in [5.41, 5.74) is 1.51.